The van der Waals surface area contributed by atoms with Crippen LogP contribution in [0.1, 0.15) is 25.7 Å². The molecular weight excluding hydrogens is 260 g/mol. The number of hydrogen-bond donors (Lipinski definition) is 2. The number of aliphatic carboxylic acids is 1. The van der Waals surface area contributed by atoms with Crippen LogP contribution in [0.4, 0.5) is 4.79 Å². The van der Waals surface area contributed by atoms with Crippen molar-refractivity contribution in [2.45, 2.75) is 31.7 Å². The van der Waals surface area contributed by atoms with Gasteiger partial charge in [0.2, 0.25) is 0 Å². The molecule has 1 heterocycles. The number of ether oxygens (including phenoxy) is 1. The normalized spacial score (nSPS) is 26.2. The number of carboxylic acids is 1. The average Bonchev–Trinajstić information content (AvgIpc) is 2.88. The van der Waals surface area contributed by atoms with Crippen LogP contribution in [0.25, 0.3) is 0 Å². The van der Waals surface area contributed by atoms with E-state index in [1.165, 1.54) is 5.57 Å². The van der Waals surface area contributed by atoms with Gasteiger partial charge in [0, 0.05) is 26.2 Å². The molecule has 20 heavy (non-hydrogen) atoms. The molecule has 0 spiro atoms. The van der Waals surface area contributed by atoms with Gasteiger partial charge < -0.3 is 20.1 Å². The van der Waals surface area contributed by atoms with Crippen molar-refractivity contribution >= 4 is 12.0 Å². The smallest absolute Gasteiger partial charge is 0.317 e. The van der Waals surface area contributed by atoms with Gasteiger partial charge in [-0.25, -0.2) is 4.79 Å². The van der Waals surface area contributed by atoms with E-state index < -0.39 is 5.97 Å². The van der Waals surface area contributed by atoms with E-state index in [2.05, 4.69) is 5.32 Å². The number of nitrogens with one attached hydrogen (secondary N) is 1. The van der Waals surface area contributed by atoms with E-state index in [4.69, 9.17) is 9.84 Å². The van der Waals surface area contributed by atoms with Gasteiger partial charge in [0.1, 0.15) is 0 Å². The second-order valence-corrected chi connectivity index (χ2v) is 5.49. The molecule has 6 heteroatoms. The first-order valence-corrected chi connectivity index (χ1v) is 7.05. The van der Waals surface area contributed by atoms with Crippen molar-refractivity contribution in [3.8, 4) is 0 Å². The van der Waals surface area contributed by atoms with E-state index >= 15 is 0 Å². The van der Waals surface area contributed by atoms with E-state index in [0.29, 0.717) is 32.5 Å². The molecule has 6 nitrogen and oxygen atoms in total. The summed E-state index contributed by atoms with van der Waals surface area (Å²) in [5, 5.41) is 11.9. The van der Waals surface area contributed by atoms with E-state index in [0.717, 1.165) is 12.8 Å². The molecule has 0 bridgehead atoms. The fourth-order valence-electron chi connectivity index (χ4n) is 2.81. The molecule has 0 saturated heterocycles. The summed E-state index contributed by atoms with van der Waals surface area (Å²) < 4.78 is 5.08. The number of carbonyl (C=O) groups is 2. The van der Waals surface area contributed by atoms with Gasteiger partial charge in [-0.15, -0.1) is 0 Å². The number of rotatable bonds is 4. The molecule has 2 atom stereocenters. The molecule has 0 aromatic rings. The Balaban J connectivity index is 1.78. The Morgan fingerprint density at radius 2 is 2.30 bits per heavy atom. The van der Waals surface area contributed by atoms with Crippen LogP contribution >= 0.6 is 0 Å². The zero-order valence-corrected chi connectivity index (χ0v) is 11.8. The van der Waals surface area contributed by atoms with E-state index in [1.807, 2.05) is 6.08 Å². The van der Waals surface area contributed by atoms with Crippen molar-refractivity contribution in [2.24, 2.45) is 5.92 Å². The molecular formula is C14H22N2O4. The maximum atomic E-state index is 12.1. The third-order valence-corrected chi connectivity index (χ3v) is 4.03. The lowest BCUT2D eigenvalue weighted by Crippen LogP contribution is -2.46. The van der Waals surface area contributed by atoms with Gasteiger partial charge in [-0.05, 0) is 31.3 Å². The number of hydrogen-bond acceptors (Lipinski definition) is 3. The standard InChI is InChI=1S/C14H22N2O4/c1-20-9-10-4-6-16(7-5-10)14(19)15-12-3-2-11(8-12)13(17)18/h4,11-12H,2-3,5-9H2,1H3,(H,15,19)(H,17,18). The largest absolute Gasteiger partial charge is 0.481 e. The van der Waals surface area contributed by atoms with E-state index in [9.17, 15) is 9.59 Å². The maximum Gasteiger partial charge on any atom is 0.317 e. The average molecular weight is 282 g/mol. The van der Waals surface area contributed by atoms with Crippen LogP contribution in [0, 0.1) is 5.92 Å². The lowest BCUT2D eigenvalue weighted by atomic mass is 10.1. The minimum Gasteiger partial charge on any atom is -0.481 e. The molecule has 1 aliphatic carbocycles. The highest BCUT2D eigenvalue weighted by Gasteiger charge is 2.31. The Kier molecular flexibility index (Phi) is 5.00. The Morgan fingerprint density at radius 3 is 2.85 bits per heavy atom. The Bertz CT molecular complexity index is 408. The van der Waals surface area contributed by atoms with E-state index in [1.54, 1.807) is 12.0 Å². The molecule has 2 unspecified atom stereocenters. The molecule has 0 aromatic heterocycles. The second kappa shape index (κ2) is 6.74. The number of carbonyl (C=O) groups excluding carboxylic acids is 1. The molecule has 2 aliphatic rings. The summed E-state index contributed by atoms with van der Waals surface area (Å²) >= 11 is 0. The summed E-state index contributed by atoms with van der Waals surface area (Å²) in [6.07, 6.45) is 4.81. The minimum atomic E-state index is -0.758. The fraction of sp³-hybridized carbons (Fsp3) is 0.714. The first kappa shape index (κ1) is 14.8. The first-order valence-electron chi connectivity index (χ1n) is 7.05. The molecule has 1 fully saturated rings. The highest BCUT2D eigenvalue weighted by atomic mass is 16.5. The molecule has 1 saturated carbocycles. The quantitative estimate of drug-likeness (QED) is 0.760. The van der Waals surface area contributed by atoms with Gasteiger partial charge in [0.15, 0.2) is 0 Å². The lowest BCUT2D eigenvalue weighted by molar-refractivity contribution is -0.141. The van der Waals surface area contributed by atoms with Gasteiger partial charge in [0.25, 0.3) is 0 Å². The molecule has 2 N–H and O–H groups in total. The molecule has 2 rings (SSSR count). The van der Waals surface area contributed by atoms with Crippen LogP contribution in [0.5, 0.6) is 0 Å². The topological polar surface area (TPSA) is 78.9 Å². The highest BCUT2D eigenvalue weighted by molar-refractivity contribution is 5.75. The monoisotopic (exact) mass is 282 g/mol. The lowest BCUT2D eigenvalue weighted by Gasteiger charge is -2.28. The maximum absolute atomic E-state index is 12.1. The Morgan fingerprint density at radius 1 is 1.50 bits per heavy atom. The molecule has 112 valence electrons. The van der Waals surface area contributed by atoms with Crippen molar-refractivity contribution in [1.29, 1.82) is 0 Å². The highest BCUT2D eigenvalue weighted by Crippen LogP contribution is 2.25. The molecule has 1 aliphatic heterocycles. The second-order valence-electron chi connectivity index (χ2n) is 5.49. The zero-order valence-electron chi connectivity index (χ0n) is 11.8. The zero-order chi connectivity index (χ0) is 14.5. The predicted molar refractivity (Wildman–Crippen MR) is 73.4 cm³/mol. The molecule has 0 radical (unpaired) electrons. The van der Waals surface area contributed by atoms with Crippen LogP contribution in [0.15, 0.2) is 11.6 Å². The summed E-state index contributed by atoms with van der Waals surface area (Å²) in [7, 11) is 1.67. The third-order valence-electron chi connectivity index (χ3n) is 4.03. The number of amides is 2. The number of urea groups is 1. The van der Waals surface area contributed by atoms with Gasteiger partial charge in [-0.2, -0.15) is 0 Å². The summed E-state index contributed by atoms with van der Waals surface area (Å²) in [6, 6.07) is -0.0956. The van der Waals surface area contributed by atoms with Crippen LogP contribution in [-0.2, 0) is 9.53 Å². The van der Waals surface area contributed by atoms with Gasteiger partial charge in [-0.1, -0.05) is 6.08 Å². The van der Waals surface area contributed by atoms with Gasteiger partial charge >= 0.3 is 12.0 Å². The summed E-state index contributed by atoms with van der Waals surface area (Å²) in [6.45, 7) is 1.91. The van der Waals surface area contributed by atoms with Crippen LogP contribution in [0.3, 0.4) is 0 Å². The minimum absolute atomic E-state index is 0.00653. The fourth-order valence-corrected chi connectivity index (χ4v) is 2.81. The van der Waals surface area contributed by atoms with Crippen molar-refractivity contribution in [3.05, 3.63) is 11.6 Å². The van der Waals surface area contributed by atoms with Crippen LogP contribution in [-0.4, -0.2) is 54.9 Å². The van der Waals surface area contributed by atoms with Crippen molar-refractivity contribution < 1.29 is 19.4 Å². The predicted octanol–water partition coefficient (Wildman–Crippen LogP) is 1.23. The third kappa shape index (κ3) is 3.72. The Labute approximate surface area is 118 Å². The summed E-state index contributed by atoms with van der Waals surface area (Å²) in [5.74, 6) is -1.07. The first-order chi connectivity index (χ1) is 9.60. The van der Waals surface area contributed by atoms with Crippen molar-refractivity contribution in [1.82, 2.24) is 10.2 Å². The van der Waals surface area contributed by atoms with E-state index in [-0.39, 0.29) is 18.0 Å². The number of methoxy groups -OCH3 is 1. The Hall–Kier alpha value is -1.56. The summed E-state index contributed by atoms with van der Waals surface area (Å²) in [4.78, 5) is 24.7. The van der Waals surface area contributed by atoms with Crippen molar-refractivity contribution in [2.75, 3.05) is 26.8 Å². The van der Waals surface area contributed by atoms with Crippen LogP contribution < -0.4 is 5.32 Å². The van der Waals surface area contributed by atoms with Crippen molar-refractivity contribution in [3.63, 3.8) is 0 Å². The SMILES string of the molecule is COCC1=CCN(C(=O)NC2CCC(C(=O)O)C2)CC1. The van der Waals surface area contributed by atoms with Crippen LogP contribution in [0.2, 0.25) is 0 Å². The van der Waals surface area contributed by atoms with Gasteiger partial charge in [-0.3, -0.25) is 4.79 Å². The molecule has 0 aromatic carbocycles. The summed E-state index contributed by atoms with van der Waals surface area (Å²) in [5.41, 5.74) is 1.23. The van der Waals surface area contributed by atoms with Gasteiger partial charge in [0.05, 0.1) is 12.5 Å². The number of carboxylic acid groups (broad SMARTS) is 1. The number of nitrogens with zero attached hydrogens (tertiary/aromatic N) is 1. The molecule has 2 amide bonds.